The number of carboxylic acids is 1. The number of nitrogens with zero attached hydrogens (tertiary/aromatic N) is 2. The number of rotatable bonds is 10. The van der Waals surface area contributed by atoms with Crippen molar-refractivity contribution in [3.63, 3.8) is 0 Å². The molecule has 4 N–H and O–H groups in total. The van der Waals surface area contributed by atoms with Crippen LogP contribution in [0.4, 0.5) is 0 Å². The van der Waals surface area contributed by atoms with Crippen molar-refractivity contribution in [2.75, 3.05) is 0 Å². The van der Waals surface area contributed by atoms with Crippen molar-refractivity contribution in [2.24, 2.45) is 5.14 Å². The number of nitrogens with two attached hydrogens (primary N) is 1. The lowest BCUT2D eigenvalue weighted by Crippen LogP contribution is -2.24. The molecule has 0 amide bonds. The second-order valence-corrected chi connectivity index (χ2v) is 11.3. The van der Waals surface area contributed by atoms with Gasteiger partial charge in [-0.15, -0.1) is 0 Å². The third-order valence-electron chi connectivity index (χ3n) is 6.28. The Kier molecular flexibility index (Phi) is 7.87. The van der Waals surface area contributed by atoms with Crippen molar-refractivity contribution in [2.45, 2.75) is 55.8 Å². The highest BCUT2D eigenvalue weighted by molar-refractivity contribution is 8.02. The van der Waals surface area contributed by atoms with E-state index >= 15 is 0 Å². The average Bonchev–Trinajstić information content (AvgIpc) is 3.48. The van der Waals surface area contributed by atoms with Gasteiger partial charge in [-0.1, -0.05) is 74.5 Å². The van der Waals surface area contributed by atoms with E-state index in [1.54, 1.807) is 17.5 Å². The van der Waals surface area contributed by atoms with Crippen molar-refractivity contribution < 1.29 is 18.3 Å². The number of nitrogens with one attached hydrogen (secondary N) is 1. The molecule has 0 saturated carbocycles. The molecule has 0 radical (unpaired) electrons. The summed E-state index contributed by atoms with van der Waals surface area (Å²) in [5.41, 5.74) is 4.61. The molecular formula is C26H30N4O4S2. The molecule has 36 heavy (non-hydrogen) atoms. The van der Waals surface area contributed by atoms with Gasteiger partial charge in [-0.25, -0.2) is 23.0 Å². The van der Waals surface area contributed by atoms with Crippen molar-refractivity contribution in [3.8, 4) is 11.3 Å². The zero-order chi connectivity index (χ0) is 25.9. The highest BCUT2D eigenvalue weighted by Crippen LogP contribution is 2.40. The van der Waals surface area contributed by atoms with Gasteiger partial charge in [-0.2, -0.15) is 5.10 Å². The van der Waals surface area contributed by atoms with Crippen molar-refractivity contribution in [1.82, 2.24) is 15.1 Å². The van der Waals surface area contributed by atoms with E-state index < -0.39 is 21.5 Å². The molecule has 190 valence electrons. The molecule has 1 aromatic heterocycles. The van der Waals surface area contributed by atoms with Gasteiger partial charge in [-0.05, 0) is 30.5 Å². The first-order valence-electron chi connectivity index (χ1n) is 11.9. The number of primary sulfonamides is 1. The molecule has 1 aliphatic rings. The van der Waals surface area contributed by atoms with Gasteiger partial charge in [0.25, 0.3) is 0 Å². The van der Waals surface area contributed by atoms with Crippen LogP contribution >= 0.6 is 11.8 Å². The summed E-state index contributed by atoms with van der Waals surface area (Å²) in [6.45, 7) is 4.31. The van der Waals surface area contributed by atoms with E-state index in [0.29, 0.717) is 6.42 Å². The summed E-state index contributed by atoms with van der Waals surface area (Å²) in [5.74, 6) is -0.776. The van der Waals surface area contributed by atoms with Crippen molar-refractivity contribution >= 4 is 27.8 Å². The average molecular weight is 527 g/mol. The number of carboxylic acid groups (broad SMARTS) is 1. The molecule has 0 saturated heterocycles. The normalized spacial score (nSPS) is 16.4. The lowest BCUT2D eigenvalue weighted by atomic mass is 9.89. The maximum absolute atomic E-state index is 11.7. The van der Waals surface area contributed by atoms with E-state index in [-0.39, 0.29) is 16.5 Å². The molecule has 3 aromatic rings. The SMILES string of the molecule is CCCC(CC)c1nn(C2NC(C(=O)O)=CS2)c(-c2ccccc2)c1Cc1ccc(S(N)(=O)=O)cc1. The zero-order valence-corrected chi connectivity index (χ0v) is 21.8. The van der Waals surface area contributed by atoms with Crippen LogP contribution in [0, 0.1) is 0 Å². The van der Waals surface area contributed by atoms with Crippen LogP contribution in [0.3, 0.4) is 0 Å². The fraction of sp³-hybridized carbons (Fsp3) is 0.308. The van der Waals surface area contributed by atoms with Crippen LogP contribution in [0.5, 0.6) is 0 Å². The third-order valence-corrected chi connectivity index (χ3v) is 8.16. The molecule has 0 fully saturated rings. The molecule has 8 nitrogen and oxygen atoms in total. The molecule has 4 rings (SSSR count). The molecule has 2 aromatic carbocycles. The standard InChI is InChI=1S/C26H30N4O4S2/c1-3-8-18(4-2)23-21(15-17-11-13-20(14-12-17)36(27,33)34)24(19-9-6-5-7-10-19)30(29-23)26-28-22(16-35-26)25(31)32/h5-7,9-14,16,18,26,28H,3-4,8,15H2,1-2H3,(H,31,32)(H2,27,33,34). The smallest absolute Gasteiger partial charge is 0.352 e. The Labute approximate surface area is 215 Å². The maximum Gasteiger partial charge on any atom is 0.352 e. The minimum atomic E-state index is -3.78. The van der Waals surface area contributed by atoms with E-state index in [1.165, 1.54) is 23.9 Å². The number of aromatic nitrogens is 2. The topological polar surface area (TPSA) is 127 Å². The highest BCUT2D eigenvalue weighted by atomic mass is 32.2. The second kappa shape index (κ2) is 10.9. The fourth-order valence-electron chi connectivity index (χ4n) is 4.51. The molecule has 2 heterocycles. The number of benzene rings is 2. The number of thioether (sulfide) groups is 1. The van der Waals surface area contributed by atoms with E-state index in [9.17, 15) is 18.3 Å². The molecule has 2 atom stereocenters. The summed E-state index contributed by atoms with van der Waals surface area (Å²) < 4.78 is 25.4. The Hall–Kier alpha value is -3.08. The summed E-state index contributed by atoms with van der Waals surface area (Å²) in [7, 11) is -3.78. The summed E-state index contributed by atoms with van der Waals surface area (Å²) in [6, 6.07) is 16.6. The minimum Gasteiger partial charge on any atom is -0.477 e. The number of carbonyl (C=O) groups is 1. The Morgan fingerprint density at radius 3 is 2.42 bits per heavy atom. The molecule has 10 heteroatoms. The molecule has 0 aliphatic carbocycles. The van der Waals surface area contributed by atoms with Gasteiger partial charge in [0, 0.05) is 28.9 Å². The Balaban J connectivity index is 1.86. The van der Waals surface area contributed by atoms with E-state index in [2.05, 4.69) is 19.2 Å². The quantitative estimate of drug-likeness (QED) is 0.346. The lowest BCUT2D eigenvalue weighted by molar-refractivity contribution is -0.133. The summed E-state index contributed by atoms with van der Waals surface area (Å²) >= 11 is 1.37. The second-order valence-electron chi connectivity index (χ2n) is 8.75. The van der Waals surface area contributed by atoms with Crippen LogP contribution in [0.25, 0.3) is 11.3 Å². The van der Waals surface area contributed by atoms with Gasteiger partial charge < -0.3 is 10.4 Å². The van der Waals surface area contributed by atoms with Crippen LogP contribution in [0.15, 0.2) is 70.6 Å². The van der Waals surface area contributed by atoms with E-state index in [1.807, 2.05) is 35.0 Å². The summed E-state index contributed by atoms with van der Waals surface area (Å²) in [5, 5.41) is 24.5. The number of hydrogen-bond donors (Lipinski definition) is 3. The van der Waals surface area contributed by atoms with Crippen LogP contribution in [-0.4, -0.2) is 29.3 Å². The van der Waals surface area contributed by atoms with Crippen molar-refractivity contribution in [3.05, 3.63) is 82.5 Å². The lowest BCUT2D eigenvalue weighted by Gasteiger charge is -2.17. The largest absolute Gasteiger partial charge is 0.477 e. The number of aliphatic carboxylic acids is 1. The molecule has 0 spiro atoms. The van der Waals surface area contributed by atoms with Gasteiger partial charge >= 0.3 is 5.97 Å². The van der Waals surface area contributed by atoms with Gasteiger partial charge in [0.15, 0.2) is 5.50 Å². The Morgan fingerprint density at radius 2 is 1.86 bits per heavy atom. The molecule has 2 unspecified atom stereocenters. The first-order chi connectivity index (χ1) is 17.2. The number of sulfonamides is 1. The van der Waals surface area contributed by atoms with Gasteiger partial charge in [0.1, 0.15) is 5.70 Å². The molecular weight excluding hydrogens is 496 g/mol. The zero-order valence-electron chi connectivity index (χ0n) is 20.2. The van der Waals surface area contributed by atoms with Crippen LogP contribution in [0.2, 0.25) is 0 Å². The summed E-state index contributed by atoms with van der Waals surface area (Å²) in [6.07, 6.45) is 3.44. The molecule has 1 aliphatic heterocycles. The fourth-order valence-corrected chi connectivity index (χ4v) is 5.92. The predicted molar refractivity (Wildman–Crippen MR) is 142 cm³/mol. The highest BCUT2D eigenvalue weighted by Gasteiger charge is 2.30. The van der Waals surface area contributed by atoms with Crippen LogP contribution in [0.1, 0.15) is 61.3 Å². The third kappa shape index (κ3) is 5.50. The first kappa shape index (κ1) is 26.0. The van der Waals surface area contributed by atoms with Gasteiger partial charge in [0.2, 0.25) is 10.0 Å². The monoisotopic (exact) mass is 526 g/mol. The van der Waals surface area contributed by atoms with Crippen LogP contribution < -0.4 is 10.5 Å². The summed E-state index contributed by atoms with van der Waals surface area (Å²) in [4.78, 5) is 11.6. The van der Waals surface area contributed by atoms with Gasteiger partial charge in [-0.3, -0.25) is 0 Å². The molecule has 0 bridgehead atoms. The van der Waals surface area contributed by atoms with E-state index in [4.69, 9.17) is 10.2 Å². The minimum absolute atomic E-state index is 0.0710. The number of hydrogen-bond acceptors (Lipinski definition) is 6. The first-order valence-corrected chi connectivity index (χ1v) is 14.4. The van der Waals surface area contributed by atoms with Crippen molar-refractivity contribution in [1.29, 1.82) is 0 Å². The Morgan fingerprint density at radius 1 is 1.17 bits per heavy atom. The Bertz CT molecular complexity index is 1370. The van der Waals surface area contributed by atoms with Crippen LogP contribution in [-0.2, 0) is 21.2 Å². The van der Waals surface area contributed by atoms with E-state index in [0.717, 1.165) is 47.3 Å². The maximum atomic E-state index is 11.7. The predicted octanol–water partition coefficient (Wildman–Crippen LogP) is 4.80. The van der Waals surface area contributed by atoms with Gasteiger partial charge in [0.05, 0.1) is 16.3 Å².